The minimum atomic E-state index is 0.0503. The lowest BCUT2D eigenvalue weighted by atomic mass is 9.90. The van der Waals surface area contributed by atoms with E-state index in [4.69, 9.17) is 4.74 Å². The van der Waals surface area contributed by atoms with Crippen LogP contribution in [0.15, 0.2) is 10.4 Å². The molecule has 5 nitrogen and oxygen atoms in total. The Morgan fingerprint density at radius 3 is 2.71 bits per heavy atom. The van der Waals surface area contributed by atoms with Crippen molar-refractivity contribution in [2.45, 2.75) is 59.6 Å². The summed E-state index contributed by atoms with van der Waals surface area (Å²) in [5.74, 6) is 0.917. The summed E-state index contributed by atoms with van der Waals surface area (Å²) in [4.78, 5) is 11.1. The predicted octanol–water partition coefficient (Wildman–Crippen LogP) is 4.07. The topological polar surface area (TPSA) is 49.8 Å². The van der Waals surface area contributed by atoms with Gasteiger partial charge in [-0.25, -0.2) is 4.98 Å². The highest BCUT2D eigenvalue weighted by atomic mass is 32.1. The third-order valence-corrected chi connectivity index (χ3v) is 4.93. The number of nitrogens with one attached hydrogen (secondary N) is 1. The van der Waals surface area contributed by atoms with E-state index in [1.54, 1.807) is 18.4 Å². The number of thiazole rings is 1. The van der Waals surface area contributed by atoms with Gasteiger partial charge >= 0.3 is 0 Å². The van der Waals surface area contributed by atoms with Gasteiger partial charge in [-0.05, 0) is 25.2 Å². The standard InChI is InChI=1S/C18H34N4OS/c1-14(23-7)16-21-15(13-24-16)12-22(6)17(19-5)20-11-9-8-10-18(2,3)4/h13-14H,8-12H2,1-7H3,(H,19,20). The molecule has 1 heterocycles. The first-order valence-corrected chi connectivity index (χ1v) is 9.53. The van der Waals surface area contributed by atoms with Crippen molar-refractivity contribution < 1.29 is 4.74 Å². The van der Waals surface area contributed by atoms with Crippen LogP contribution in [-0.2, 0) is 11.3 Å². The third-order valence-electron chi connectivity index (χ3n) is 3.88. The van der Waals surface area contributed by atoms with Crippen molar-refractivity contribution in [2.75, 3.05) is 27.7 Å². The second kappa shape index (κ2) is 9.99. The Kier molecular flexibility index (Phi) is 8.70. The van der Waals surface area contributed by atoms with Crippen molar-refractivity contribution in [3.05, 3.63) is 16.1 Å². The Bertz CT molecular complexity index is 507. The molecule has 1 unspecified atom stereocenters. The molecule has 0 saturated carbocycles. The molecule has 1 aromatic rings. The number of ether oxygens (including phenoxy) is 1. The van der Waals surface area contributed by atoms with E-state index in [1.807, 2.05) is 21.0 Å². The molecule has 24 heavy (non-hydrogen) atoms. The molecule has 138 valence electrons. The van der Waals surface area contributed by atoms with Crippen LogP contribution in [0.3, 0.4) is 0 Å². The maximum absolute atomic E-state index is 5.32. The lowest BCUT2D eigenvalue weighted by Crippen LogP contribution is -2.39. The van der Waals surface area contributed by atoms with E-state index < -0.39 is 0 Å². The molecule has 0 aliphatic heterocycles. The van der Waals surface area contributed by atoms with Gasteiger partial charge in [-0.15, -0.1) is 11.3 Å². The summed E-state index contributed by atoms with van der Waals surface area (Å²) in [6.45, 7) is 10.6. The van der Waals surface area contributed by atoms with Gasteiger partial charge in [0.1, 0.15) is 11.1 Å². The zero-order chi connectivity index (χ0) is 18.2. The van der Waals surface area contributed by atoms with Crippen LogP contribution in [0.5, 0.6) is 0 Å². The number of nitrogens with zero attached hydrogens (tertiary/aromatic N) is 3. The second-order valence-corrected chi connectivity index (χ2v) is 8.29. The first-order chi connectivity index (χ1) is 11.3. The van der Waals surface area contributed by atoms with Crippen LogP contribution in [0, 0.1) is 5.41 Å². The molecule has 1 atom stereocenters. The summed E-state index contributed by atoms with van der Waals surface area (Å²) in [7, 11) is 5.58. The molecule has 1 aromatic heterocycles. The van der Waals surface area contributed by atoms with Crippen molar-refractivity contribution in [3.63, 3.8) is 0 Å². The number of aromatic nitrogens is 1. The van der Waals surface area contributed by atoms with Gasteiger partial charge in [0.2, 0.25) is 0 Å². The average molecular weight is 355 g/mol. The maximum atomic E-state index is 5.32. The molecule has 1 N–H and O–H groups in total. The van der Waals surface area contributed by atoms with E-state index in [2.05, 4.69) is 46.3 Å². The fourth-order valence-electron chi connectivity index (χ4n) is 2.37. The highest BCUT2D eigenvalue weighted by Gasteiger charge is 2.13. The Morgan fingerprint density at radius 2 is 2.12 bits per heavy atom. The van der Waals surface area contributed by atoms with Gasteiger partial charge in [0, 0.05) is 33.1 Å². The molecule has 0 radical (unpaired) electrons. The molecule has 0 aromatic carbocycles. The summed E-state index contributed by atoms with van der Waals surface area (Å²) in [6.07, 6.45) is 3.70. The average Bonchev–Trinajstić information content (AvgIpc) is 2.97. The first-order valence-electron chi connectivity index (χ1n) is 8.65. The predicted molar refractivity (Wildman–Crippen MR) is 104 cm³/mol. The van der Waals surface area contributed by atoms with E-state index in [-0.39, 0.29) is 6.10 Å². The summed E-state index contributed by atoms with van der Waals surface area (Å²) in [5, 5.41) is 6.56. The molecule has 6 heteroatoms. The van der Waals surface area contributed by atoms with Gasteiger partial charge in [-0.3, -0.25) is 4.99 Å². The van der Waals surface area contributed by atoms with Crippen LogP contribution >= 0.6 is 11.3 Å². The maximum Gasteiger partial charge on any atom is 0.193 e. The van der Waals surface area contributed by atoms with Crippen LogP contribution < -0.4 is 5.32 Å². The second-order valence-electron chi connectivity index (χ2n) is 7.40. The number of guanidine groups is 1. The van der Waals surface area contributed by atoms with Crippen LogP contribution in [0.25, 0.3) is 0 Å². The number of hydrogen-bond donors (Lipinski definition) is 1. The minimum absolute atomic E-state index is 0.0503. The van der Waals surface area contributed by atoms with Gasteiger partial charge in [0.05, 0.1) is 12.2 Å². The van der Waals surface area contributed by atoms with Crippen LogP contribution in [-0.4, -0.2) is 43.6 Å². The summed E-state index contributed by atoms with van der Waals surface area (Å²) in [5.41, 5.74) is 1.47. The summed E-state index contributed by atoms with van der Waals surface area (Å²) in [6, 6.07) is 0. The Morgan fingerprint density at radius 1 is 1.42 bits per heavy atom. The minimum Gasteiger partial charge on any atom is -0.375 e. The first kappa shape index (κ1) is 20.9. The van der Waals surface area contributed by atoms with Crippen molar-refractivity contribution in [1.82, 2.24) is 15.2 Å². The van der Waals surface area contributed by atoms with Gasteiger partial charge in [0.15, 0.2) is 5.96 Å². The van der Waals surface area contributed by atoms with Gasteiger partial charge < -0.3 is 15.0 Å². The molecule has 0 saturated heterocycles. The Labute approximate surface area is 151 Å². The summed E-state index contributed by atoms with van der Waals surface area (Å²) >= 11 is 1.65. The smallest absolute Gasteiger partial charge is 0.193 e. The SMILES string of the molecule is CN=C(NCCCCC(C)(C)C)N(C)Cc1csc(C(C)OC)n1. The molecule has 0 aliphatic rings. The molecule has 0 fully saturated rings. The largest absolute Gasteiger partial charge is 0.375 e. The molecule has 1 rings (SSSR count). The number of rotatable bonds is 8. The van der Waals surface area contributed by atoms with E-state index in [0.29, 0.717) is 5.41 Å². The van der Waals surface area contributed by atoms with Gasteiger partial charge in [-0.1, -0.05) is 27.2 Å². The monoisotopic (exact) mass is 354 g/mol. The Balaban J connectivity index is 2.41. The van der Waals surface area contributed by atoms with E-state index in [9.17, 15) is 0 Å². The van der Waals surface area contributed by atoms with Crippen LogP contribution in [0.1, 0.15) is 63.8 Å². The number of methoxy groups -OCH3 is 1. The van der Waals surface area contributed by atoms with Crippen LogP contribution in [0.2, 0.25) is 0 Å². The van der Waals surface area contributed by atoms with Crippen molar-refractivity contribution in [3.8, 4) is 0 Å². The quantitative estimate of drug-likeness (QED) is 0.434. The Hall–Kier alpha value is -1.14. The highest BCUT2D eigenvalue weighted by molar-refractivity contribution is 7.09. The van der Waals surface area contributed by atoms with E-state index in [1.165, 1.54) is 12.8 Å². The zero-order valence-electron chi connectivity index (χ0n) is 16.3. The third kappa shape index (κ3) is 7.62. The van der Waals surface area contributed by atoms with Crippen molar-refractivity contribution in [2.24, 2.45) is 10.4 Å². The normalized spacial score (nSPS) is 13.9. The van der Waals surface area contributed by atoms with Crippen molar-refractivity contribution in [1.29, 1.82) is 0 Å². The molecule has 0 amide bonds. The lowest BCUT2D eigenvalue weighted by Gasteiger charge is -2.22. The molecule has 0 aliphatic carbocycles. The highest BCUT2D eigenvalue weighted by Crippen LogP contribution is 2.22. The van der Waals surface area contributed by atoms with Gasteiger partial charge in [0.25, 0.3) is 0 Å². The van der Waals surface area contributed by atoms with E-state index in [0.717, 1.165) is 36.2 Å². The van der Waals surface area contributed by atoms with E-state index >= 15 is 0 Å². The molecule has 0 bridgehead atoms. The van der Waals surface area contributed by atoms with Crippen molar-refractivity contribution >= 4 is 17.3 Å². The number of hydrogen-bond acceptors (Lipinski definition) is 4. The molecule has 0 spiro atoms. The fraction of sp³-hybridized carbons (Fsp3) is 0.778. The lowest BCUT2D eigenvalue weighted by molar-refractivity contribution is 0.119. The molecular weight excluding hydrogens is 320 g/mol. The number of unbranched alkanes of at least 4 members (excludes halogenated alkanes) is 1. The molecular formula is C18H34N4OS. The van der Waals surface area contributed by atoms with Gasteiger partial charge in [-0.2, -0.15) is 0 Å². The fourth-order valence-corrected chi connectivity index (χ4v) is 3.21. The zero-order valence-corrected chi connectivity index (χ0v) is 17.2. The summed E-state index contributed by atoms with van der Waals surface area (Å²) < 4.78 is 5.32. The number of aliphatic imine (C=N–C) groups is 1. The van der Waals surface area contributed by atoms with Crippen LogP contribution in [0.4, 0.5) is 0 Å².